The quantitative estimate of drug-likeness (QED) is 0.588. The lowest BCUT2D eigenvalue weighted by atomic mass is 10.1. The predicted octanol–water partition coefficient (Wildman–Crippen LogP) is 2.22. The first-order chi connectivity index (χ1) is 5.65. The van der Waals surface area contributed by atoms with E-state index < -0.39 is 0 Å². The molecule has 0 bridgehead atoms. The van der Waals surface area contributed by atoms with Crippen LogP contribution in [0.15, 0.2) is 22.8 Å². The van der Waals surface area contributed by atoms with E-state index in [1.54, 1.807) is 0 Å². The van der Waals surface area contributed by atoms with Crippen molar-refractivity contribution < 1.29 is 9.53 Å². The molecule has 0 aliphatic heterocycles. The van der Waals surface area contributed by atoms with Crippen LogP contribution in [0.5, 0.6) is 0 Å². The van der Waals surface area contributed by atoms with Gasteiger partial charge in [0.1, 0.15) is 0 Å². The maximum Gasteiger partial charge on any atom is 0.334 e. The fraction of sp³-hybridized carbons (Fsp3) is 0.500. The molecule has 0 aromatic carbocycles. The van der Waals surface area contributed by atoms with Crippen molar-refractivity contribution in [3.8, 4) is 0 Å². The Morgan fingerprint density at radius 3 is 2.67 bits per heavy atom. The molecule has 66 valence electrons. The van der Waals surface area contributed by atoms with Crippen LogP contribution in [0, 0.1) is 0 Å². The minimum Gasteiger partial charge on any atom is -0.463 e. The van der Waals surface area contributed by atoms with Gasteiger partial charge in [-0.2, -0.15) is 0 Å². The summed E-state index contributed by atoms with van der Waals surface area (Å²) in [6.45, 7) is 6.25. The zero-order chi connectivity index (χ0) is 9.14. The standard InChI is InChI=1S/C10H14O2/c1-4-12-10(11)9-6-7(2)5-8(9)3/h5H,4,6H2,1-3H3. The molecular formula is C10H14O2. The molecule has 0 saturated heterocycles. The van der Waals surface area contributed by atoms with Crippen molar-refractivity contribution in [2.75, 3.05) is 6.61 Å². The Labute approximate surface area is 72.9 Å². The van der Waals surface area contributed by atoms with Gasteiger partial charge in [-0.25, -0.2) is 4.79 Å². The third-order valence-corrected chi connectivity index (χ3v) is 1.92. The summed E-state index contributed by atoms with van der Waals surface area (Å²) >= 11 is 0. The van der Waals surface area contributed by atoms with Crippen molar-refractivity contribution in [1.82, 2.24) is 0 Å². The largest absolute Gasteiger partial charge is 0.463 e. The highest BCUT2D eigenvalue weighted by Crippen LogP contribution is 2.25. The second-order valence-electron chi connectivity index (χ2n) is 3.05. The van der Waals surface area contributed by atoms with E-state index in [1.165, 1.54) is 5.57 Å². The summed E-state index contributed by atoms with van der Waals surface area (Å²) in [7, 11) is 0. The van der Waals surface area contributed by atoms with E-state index in [4.69, 9.17) is 4.74 Å². The first kappa shape index (κ1) is 9.04. The molecule has 2 nitrogen and oxygen atoms in total. The minimum atomic E-state index is -0.164. The number of hydrogen-bond donors (Lipinski definition) is 0. The zero-order valence-electron chi connectivity index (χ0n) is 7.81. The van der Waals surface area contributed by atoms with Crippen LogP contribution in [0.2, 0.25) is 0 Å². The molecule has 0 radical (unpaired) electrons. The van der Waals surface area contributed by atoms with E-state index in [2.05, 4.69) is 0 Å². The minimum absolute atomic E-state index is 0.164. The molecule has 0 fully saturated rings. The summed E-state index contributed by atoms with van der Waals surface area (Å²) in [6, 6.07) is 0. The molecule has 2 heteroatoms. The van der Waals surface area contributed by atoms with Crippen LogP contribution < -0.4 is 0 Å². The van der Waals surface area contributed by atoms with Crippen molar-refractivity contribution >= 4 is 5.97 Å². The monoisotopic (exact) mass is 166 g/mol. The molecular weight excluding hydrogens is 152 g/mol. The van der Waals surface area contributed by atoms with E-state index in [1.807, 2.05) is 26.8 Å². The molecule has 0 aromatic heterocycles. The second kappa shape index (κ2) is 3.57. The van der Waals surface area contributed by atoms with Gasteiger partial charge < -0.3 is 4.74 Å². The summed E-state index contributed by atoms with van der Waals surface area (Å²) in [4.78, 5) is 11.3. The molecule has 0 saturated carbocycles. The van der Waals surface area contributed by atoms with Gasteiger partial charge in [0.15, 0.2) is 0 Å². The maximum atomic E-state index is 11.3. The van der Waals surface area contributed by atoms with Crippen molar-refractivity contribution in [3.63, 3.8) is 0 Å². The molecule has 0 N–H and O–H groups in total. The first-order valence-electron chi connectivity index (χ1n) is 4.19. The molecule has 0 unspecified atom stereocenters. The maximum absolute atomic E-state index is 11.3. The Morgan fingerprint density at radius 1 is 1.58 bits per heavy atom. The van der Waals surface area contributed by atoms with Gasteiger partial charge in [-0.1, -0.05) is 11.6 Å². The zero-order valence-corrected chi connectivity index (χ0v) is 7.81. The van der Waals surface area contributed by atoms with Gasteiger partial charge >= 0.3 is 5.97 Å². The van der Waals surface area contributed by atoms with Crippen LogP contribution in [-0.4, -0.2) is 12.6 Å². The number of carbonyl (C=O) groups excluding carboxylic acids is 1. The summed E-state index contributed by atoms with van der Waals surface area (Å²) in [6.07, 6.45) is 2.79. The van der Waals surface area contributed by atoms with Gasteiger partial charge in [-0.3, -0.25) is 0 Å². The smallest absolute Gasteiger partial charge is 0.334 e. The molecule has 0 atom stereocenters. The Hall–Kier alpha value is -1.05. The van der Waals surface area contributed by atoms with Gasteiger partial charge in [0.2, 0.25) is 0 Å². The van der Waals surface area contributed by atoms with Crippen LogP contribution >= 0.6 is 0 Å². The topological polar surface area (TPSA) is 26.3 Å². The highest BCUT2D eigenvalue weighted by atomic mass is 16.5. The van der Waals surface area contributed by atoms with Gasteiger partial charge in [-0.05, 0) is 26.3 Å². The lowest BCUT2D eigenvalue weighted by Crippen LogP contribution is -2.07. The summed E-state index contributed by atoms with van der Waals surface area (Å²) < 4.78 is 4.91. The van der Waals surface area contributed by atoms with Crippen LogP contribution in [0.3, 0.4) is 0 Å². The Morgan fingerprint density at radius 2 is 2.25 bits per heavy atom. The molecule has 0 spiro atoms. The normalized spacial score (nSPS) is 16.4. The molecule has 1 aliphatic rings. The number of ether oxygens (including phenoxy) is 1. The number of hydrogen-bond acceptors (Lipinski definition) is 2. The third-order valence-electron chi connectivity index (χ3n) is 1.92. The summed E-state index contributed by atoms with van der Waals surface area (Å²) in [5.41, 5.74) is 3.09. The van der Waals surface area contributed by atoms with Crippen molar-refractivity contribution in [2.24, 2.45) is 0 Å². The Kier molecular flexibility index (Phi) is 2.69. The van der Waals surface area contributed by atoms with Crippen LogP contribution in [0.25, 0.3) is 0 Å². The van der Waals surface area contributed by atoms with E-state index in [-0.39, 0.29) is 5.97 Å². The number of esters is 1. The average molecular weight is 166 g/mol. The molecule has 1 rings (SSSR count). The van der Waals surface area contributed by atoms with Gasteiger partial charge in [0.05, 0.1) is 6.61 Å². The van der Waals surface area contributed by atoms with Crippen molar-refractivity contribution in [2.45, 2.75) is 27.2 Å². The number of rotatable bonds is 2. The lowest BCUT2D eigenvalue weighted by molar-refractivity contribution is -0.138. The third kappa shape index (κ3) is 1.76. The van der Waals surface area contributed by atoms with E-state index in [0.29, 0.717) is 6.61 Å². The molecule has 1 aliphatic carbocycles. The highest BCUT2D eigenvalue weighted by Gasteiger charge is 2.17. The Bertz CT molecular complexity index is 259. The molecule has 0 amide bonds. The summed E-state index contributed by atoms with van der Waals surface area (Å²) in [5.74, 6) is -0.164. The SMILES string of the molecule is CCOC(=O)C1=C(C)C=C(C)C1. The van der Waals surface area contributed by atoms with E-state index in [0.717, 1.165) is 17.6 Å². The predicted molar refractivity (Wildman–Crippen MR) is 47.7 cm³/mol. The second-order valence-corrected chi connectivity index (χ2v) is 3.05. The van der Waals surface area contributed by atoms with Crippen LogP contribution in [-0.2, 0) is 9.53 Å². The molecule has 0 aromatic rings. The van der Waals surface area contributed by atoms with Gasteiger partial charge in [0.25, 0.3) is 0 Å². The number of allylic oxidation sites excluding steroid dienone is 3. The van der Waals surface area contributed by atoms with Crippen LogP contribution in [0.1, 0.15) is 27.2 Å². The molecule has 0 heterocycles. The van der Waals surface area contributed by atoms with E-state index >= 15 is 0 Å². The highest BCUT2D eigenvalue weighted by molar-refractivity contribution is 5.91. The fourth-order valence-corrected chi connectivity index (χ4v) is 1.38. The first-order valence-corrected chi connectivity index (χ1v) is 4.19. The van der Waals surface area contributed by atoms with Gasteiger partial charge in [-0.15, -0.1) is 0 Å². The average Bonchev–Trinajstić information content (AvgIpc) is 2.30. The van der Waals surface area contributed by atoms with E-state index in [9.17, 15) is 4.79 Å². The molecule has 12 heavy (non-hydrogen) atoms. The lowest BCUT2D eigenvalue weighted by Gasteiger charge is -2.03. The van der Waals surface area contributed by atoms with Crippen molar-refractivity contribution in [1.29, 1.82) is 0 Å². The number of carbonyl (C=O) groups is 1. The Balaban J connectivity index is 2.68. The van der Waals surface area contributed by atoms with Crippen LogP contribution in [0.4, 0.5) is 0 Å². The van der Waals surface area contributed by atoms with Crippen molar-refractivity contribution in [3.05, 3.63) is 22.8 Å². The summed E-state index contributed by atoms with van der Waals surface area (Å²) in [5, 5.41) is 0. The van der Waals surface area contributed by atoms with Gasteiger partial charge in [0, 0.05) is 12.0 Å². The fourth-order valence-electron chi connectivity index (χ4n) is 1.38.